The van der Waals surface area contributed by atoms with Gasteiger partial charge in [0, 0.05) is 5.56 Å². The fourth-order valence-electron chi connectivity index (χ4n) is 1.95. The van der Waals surface area contributed by atoms with Gasteiger partial charge in [0.15, 0.2) is 0 Å². The summed E-state index contributed by atoms with van der Waals surface area (Å²) in [6.45, 7) is 0. The second-order valence-electron chi connectivity index (χ2n) is 4.86. The van der Waals surface area contributed by atoms with Crippen LogP contribution in [0.3, 0.4) is 0 Å². The maximum atomic E-state index is 12.0. The van der Waals surface area contributed by atoms with E-state index in [1.54, 1.807) is 6.07 Å². The molecule has 0 saturated carbocycles. The molecule has 3 N–H and O–H groups in total. The number of aromatic amines is 1. The van der Waals surface area contributed by atoms with E-state index in [4.69, 9.17) is 8.97 Å². The van der Waals surface area contributed by atoms with Crippen molar-refractivity contribution in [2.45, 2.75) is 5.09 Å². The molecular formula is C15H12N4O5S. The quantitative estimate of drug-likeness (QED) is 0.359. The number of nitrogens with one attached hydrogen (secondary N) is 2. The van der Waals surface area contributed by atoms with Gasteiger partial charge in [-0.3, -0.25) is 14.4 Å². The number of hydrogen-bond donors (Lipinski definition) is 3. The van der Waals surface area contributed by atoms with Crippen molar-refractivity contribution in [1.82, 2.24) is 15.6 Å². The molecule has 0 saturated heterocycles. The molecule has 0 aliphatic carbocycles. The molecule has 0 spiro atoms. The minimum atomic E-state index is -4.42. The molecule has 0 aliphatic heterocycles. The smallest absolute Gasteiger partial charge is 0.328 e. The first-order valence-electron chi connectivity index (χ1n) is 6.95. The Kier molecular flexibility index (Phi) is 4.46. The molecule has 2 aromatic heterocycles. The van der Waals surface area contributed by atoms with E-state index in [2.05, 4.69) is 20.7 Å². The number of aromatic nitrogens is 2. The van der Waals surface area contributed by atoms with Gasteiger partial charge in [0.2, 0.25) is 5.09 Å². The molecule has 0 unspecified atom stereocenters. The second-order valence-corrected chi connectivity index (χ2v) is 6.22. The molecule has 3 rings (SSSR count). The second kappa shape index (κ2) is 6.71. The Balaban J connectivity index is 1.65. The normalized spacial score (nSPS) is 11.7. The Labute approximate surface area is 142 Å². The molecule has 0 atom stereocenters. The highest BCUT2D eigenvalue weighted by atomic mass is 32.2. The monoisotopic (exact) mass is 360 g/mol. The van der Waals surface area contributed by atoms with Crippen LogP contribution < -0.4 is 5.43 Å². The Morgan fingerprint density at radius 3 is 2.68 bits per heavy atom. The summed E-state index contributed by atoms with van der Waals surface area (Å²) in [7, 11) is -4.42. The topological polar surface area (TPSA) is 138 Å². The molecule has 25 heavy (non-hydrogen) atoms. The number of H-pyrrole nitrogens is 1. The lowest BCUT2D eigenvalue weighted by Gasteiger charge is -1.95. The van der Waals surface area contributed by atoms with Crippen molar-refractivity contribution in [3.8, 4) is 11.3 Å². The van der Waals surface area contributed by atoms with Crippen molar-refractivity contribution in [3.63, 3.8) is 0 Å². The van der Waals surface area contributed by atoms with Crippen LogP contribution >= 0.6 is 0 Å². The number of hydrazone groups is 1. The molecule has 9 nitrogen and oxygen atoms in total. The van der Waals surface area contributed by atoms with Gasteiger partial charge >= 0.3 is 10.1 Å². The summed E-state index contributed by atoms with van der Waals surface area (Å²) in [5.41, 5.74) is 3.92. The molecule has 0 aliphatic rings. The first-order valence-corrected chi connectivity index (χ1v) is 8.39. The Morgan fingerprint density at radius 2 is 2.00 bits per heavy atom. The zero-order valence-corrected chi connectivity index (χ0v) is 13.4. The third kappa shape index (κ3) is 4.00. The van der Waals surface area contributed by atoms with Crippen LogP contribution in [0.15, 0.2) is 63.1 Å². The van der Waals surface area contributed by atoms with Gasteiger partial charge in [-0.05, 0) is 18.2 Å². The highest BCUT2D eigenvalue weighted by Crippen LogP contribution is 2.16. The lowest BCUT2D eigenvalue weighted by molar-refractivity contribution is 0.0950. The number of carbonyl (C=O) groups excluding carboxylic acids is 1. The molecule has 10 heteroatoms. The van der Waals surface area contributed by atoms with Gasteiger partial charge in [-0.2, -0.15) is 18.6 Å². The molecule has 0 bridgehead atoms. The lowest BCUT2D eigenvalue weighted by atomic mass is 10.1. The van der Waals surface area contributed by atoms with Crippen LogP contribution in [-0.2, 0) is 10.1 Å². The van der Waals surface area contributed by atoms with Crippen molar-refractivity contribution in [3.05, 3.63) is 60.0 Å². The summed E-state index contributed by atoms with van der Waals surface area (Å²) >= 11 is 0. The zero-order chi connectivity index (χ0) is 17.9. The molecule has 0 fully saturated rings. The summed E-state index contributed by atoms with van der Waals surface area (Å²) in [4.78, 5) is 12.0. The van der Waals surface area contributed by atoms with E-state index in [-0.39, 0.29) is 11.5 Å². The number of furan rings is 1. The predicted octanol–water partition coefficient (Wildman–Crippen LogP) is 1.68. The highest BCUT2D eigenvalue weighted by molar-refractivity contribution is 7.85. The number of hydrogen-bond acceptors (Lipinski definition) is 6. The van der Waals surface area contributed by atoms with E-state index in [0.717, 1.165) is 17.8 Å². The van der Waals surface area contributed by atoms with Gasteiger partial charge in [0.05, 0.1) is 11.9 Å². The van der Waals surface area contributed by atoms with Gasteiger partial charge in [-0.25, -0.2) is 5.43 Å². The zero-order valence-electron chi connectivity index (χ0n) is 12.6. The summed E-state index contributed by atoms with van der Waals surface area (Å²) in [5.74, 6) is -0.491. The number of benzene rings is 1. The van der Waals surface area contributed by atoms with E-state index in [1.807, 2.05) is 30.3 Å². The van der Waals surface area contributed by atoms with E-state index >= 15 is 0 Å². The molecule has 2 heterocycles. The van der Waals surface area contributed by atoms with Gasteiger partial charge in [0.25, 0.3) is 5.91 Å². The van der Waals surface area contributed by atoms with Crippen LogP contribution in [0.1, 0.15) is 16.2 Å². The summed E-state index contributed by atoms with van der Waals surface area (Å²) in [5, 5.41) is 9.70. The fourth-order valence-corrected chi connectivity index (χ4v) is 2.39. The van der Waals surface area contributed by atoms with Gasteiger partial charge in [-0.15, -0.1) is 0 Å². The Hall–Kier alpha value is -3.24. The van der Waals surface area contributed by atoms with Crippen molar-refractivity contribution < 1.29 is 22.2 Å². The van der Waals surface area contributed by atoms with Crippen molar-refractivity contribution >= 4 is 22.2 Å². The molecule has 1 aromatic carbocycles. The van der Waals surface area contributed by atoms with Crippen LogP contribution in [0, 0.1) is 0 Å². The molecule has 0 radical (unpaired) electrons. The third-order valence-corrected chi connectivity index (χ3v) is 3.83. The van der Waals surface area contributed by atoms with Gasteiger partial charge < -0.3 is 4.42 Å². The predicted molar refractivity (Wildman–Crippen MR) is 87.6 cm³/mol. The maximum Gasteiger partial charge on any atom is 0.328 e. The van der Waals surface area contributed by atoms with Crippen LogP contribution in [-0.4, -0.2) is 35.3 Å². The number of nitrogens with zero attached hydrogens (tertiary/aromatic N) is 2. The summed E-state index contributed by atoms with van der Waals surface area (Å²) in [6.07, 6.45) is 1.10. The van der Waals surface area contributed by atoms with Crippen LogP contribution in [0.2, 0.25) is 0 Å². The van der Waals surface area contributed by atoms with Crippen LogP contribution in [0.4, 0.5) is 0 Å². The molecule has 128 valence electrons. The standard InChI is InChI=1S/C15H12N4O5S/c20-15(13-8-12(17-18-13)10-4-2-1-3-5-10)19-16-9-11-6-7-14(24-11)25(21,22)23/h1-9H,(H,17,18)(H,19,20)(H,21,22,23)/b16-9+. The largest absolute Gasteiger partial charge is 0.441 e. The summed E-state index contributed by atoms with van der Waals surface area (Å²) in [6, 6.07) is 13.2. The highest BCUT2D eigenvalue weighted by Gasteiger charge is 2.14. The van der Waals surface area contributed by atoms with E-state index < -0.39 is 21.1 Å². The third-order valence-electron chi connectivity index (χ3n) is 3.11. The average molecular weight is 360 g/mol. The number of rotatable bonds is 5. The van der Waals surface area contributed by atoms with Crippen molar-refractivity contribution in [2.24, 2.45) is 5.10 Å². The Bertz CT molecular complexity index is 1020. The molecular weight excluding hydrogens is 348 g/mol. The fraction of sp³-hybridized carbons (Fsp3) is 0. The first-order chi connectivity index (χ1) is 11.9. The SMILES string of the molecule is O=C(N/N=C/c1ccc(S(=O)(=O)O)o1)c1cc(-c2ccccc2)n[nH]1. The average Bonchev–Trinajstić information content (AvgIpc) is 3.25. The molecule has 3 aromatic rings. The van der Waals surface area contributed by atoms with E-state index in [1.165, 1.54) is 6.07 Å². The maximum absolute atomic E-state index is 12.0. The Morgan fingerprint density at radius 1 is 1.24 bits per heavy atom. The number of carbonyl (C=O) groups is 1. The molecule has 1 amide bonds. The lowest BCUT2D eigenvalue weighted by Crippen LogP contribution is -2.17. The van der Waals surface area contributed by atoms with Crippen LogP contribution in [0.5, 0.6) is 0 Å². The minimum Gasteiger partial charge on any atom is -0.441 e. The summed E-state index contributed by atoms with van der Waals surface area (Å²) < 4.78 is 35.4. The van der Waals surface area contributed by atoms with Gasteiger partial charge in [0.1, 0.15) is 11.5 Å². The van der Waals surface area contributed by atoms with Crippen molar-refractivity contribution in [1.29, 1.82) is 0 Å². The van der Waals surface area contributed by atoms with Crippen molar-refractivity contribution in [2.75, 3.05) is 0 Å². The number of amides is 1. The first kappa shape index (κ1) is 16.6. The van der Waals surface area contributed by atoms with Crippen LogP contribution in [0.25, 0.3) is 11.3 Å². The van der Waals surface area contributed by atoms with E-state index in [9.17, 15) is 13.2 Å². The van der Waals surface area contributed by atoms with E-state index in [0.29, 0.717) is 5.69 Å². The van der Waals surface area contributed by atoms with Gasteiger partial charge in [-0.1, -0.05) is 30.3 Å². The minimum absolute atomic E-state index is 0.0440.